The number of hydrogen-bond donors (Lipinski definition) is 1. The number of benzene rings is 1. The Morgan fingerprint density at radius 1 is 1.18 bits per heavy atom. The Morgan fingerprint density at radius 2 is 1.76 bits per heavy atom. The molecule has 1 aromatic rings. The van der Waals surface area contributed by atoms with E-state index in [-0.39, 0.29) is 5.78 Å². The zero-order chi connectivity index (χ0) is 12.8. The number of carboxylic acid groups (broad SMARTS) is 1. The molecule has 1 N–H and O–H groups in total. The summed E-state index contributed by atoms with van der Waals surface area (Å²) in [6.45, 7) is 3.80. The van der Waals surface area contributed by atoms with Crippen molar-refractivity contribution < 1.29 is 14.7 Å². The van der Waals surface area contributed by atoms with Crippen LogP contribution in [0.5, 0.6) is 0 Å². The highest BCUT2D eigenvalue weighted by Gasteiger charge is 2.24. The van der Waals surface area contributed by atoms with Crippen molar-refractivity contribution in [2.24, 2.45) is 5.92 Å². The van der Waals surface area contributed by atoms with E-state index >= 15 is 0 Å². The van der Waals surface area contributed by atoms with Crippen LogP contribution >= 0.6 is 0 Å². The normalized spacial score (nSPS) is 12.1. The fourth-order valence-corrected chi connectivity index (χ4v) is 1.80. The number of rotatable bonds is 6. The Morgan fingerprint density at radius 3 is 2.18 bits per heavy atom. The lowest BCUT2D eigenvalue weighted by molar-refractivity contribution is -0.140. The quantitative estimate of drug-likeness (QED) is 0.608. The van der Waals surface area contributed by atoms with E-state index in [0.29, 0.717) is 12.0 Å². The molecule has 0 aliphatic heterocycles. The lowest BCUT2D eigenvalue weighted by atomic mass is 9.94. The number of Topliss-reactive ketones (excluding diaryl/α,β-unsaturated/α-hetero) is 1. The maximum absolute atomic E-state index is 11.9. The van der Waals surface area contributed by atoms with Gasteiger partial charge in [0.2, 0.25) is 0 Å². The fraction of sp³-hybridized carbons (Fsp3) is 0.429. The van der Waals surface area contributed by atoms with E-state index in [1.807, 2.05) is 12.1 Å². The van der Waals surface area contributed by atoms with Gasteiger partial charge >= 0.3 is 5.97 Å². The summed E-state index contributed by atoms with van der Waals surface area (Å²) in [6.07, 6.45) is 2.36. The predicted molar refractivity (Wildman–Crippen MR) is 66.2 cm³/mol. The molecule has 1 unspecified atom stereocenters. The van der Waals surface area contributed by atoms with Gasteiger partial charge in [0.15, 0.2) is 5.78 Å². The number of aryl methyl sites for hydroxylation is 1. The fourth-order valence-electron chi connectivity index (χ4n) is 1.80. The number of aliphatic carboxylic acids is 1. The van der Waals surface area contributed by atoms with Crippen LogP contribution in [0.15, 0.2) is 24.3 Å². The average molecular weight is 234 g/mol. The van der Waals surface area contributed by atoms with Crippen molar-refractivity contribution in [2.75, 3.05) is 0 Å². The van der Waals surface area contributed by atoms with Gasteiger partial charge in [0, 0.05) is 5.56 Å². The lowest BCUT2D eigenvalue weighted by Crippen LogP contribution is -2.23. The summed E-state index contributed by atoms with van der Waals surface area (Å²) in [5.74, 6) is -2.27. The van der Waals surface area contributed by atoms with E-state index in [2.05, 4.69) is 6.92 Å². The first kappa shape index (κ1) is 13.4. The van der Waals surface area contributed by atoms with Gasteiger partial charge in [0.05, 0.1) is 0 Å². The highest BCUT2D eigenvalue weighted by atomic mass is 16.4. The van der Waals surface area contributed by atoms with Gasteiger partial charge in [0.25, 0.3) is 0 Å². The molecule has 0 saturated carbocycles. The van der Waals surface area contributed by atoms with Gasteiger partial charge in [-0.05, 0) is 18.4 Å². The summed E-state index contributed by atoms with van der Waals surface area (Å²) in [6, 6.07) is 7.23. The smallest absolute Gasteiger partial charge is 0.314 e. The topological polar surface area (TPSA) is 54.4 Å². The maximum Gasteiger partial charge on any atom is 0.314 e. The number of carboxylic acids is 1. The SMILES string of the molecule is CCCc1ccc(C(=O)C(CC)C(=O)O)cc1. The number of hydrogen-bond acceptors (Lipinski definition) is 2. The standard InChI is InChI=1S/C14H18O3/c1-3-5-10-6-8-11(9-7-10)13(15)12(4-2)14(16)17/h6-9,12H,3-5H2,1-2H3,(H,16,17). The molecule has 0 fully saturated rings. The number of ketones is 1. The maximum atomic E-state index is 11.9. The van der Waals surface area contributed by atoms with Crippen molar-refractivity contribution >= 4 is 11.8 Å². The molecule has 3 nitrogen and oxygen atoms in total. The van der Waals surface area contributed by atoms with Crippen LogP contribution in [0.3, 0.4) is 0 Å². The van der Waals surface area contributed by atoms with Gasteiger partial charge in [-0.1, -0.05) is 44.5 Å². The molecule has 0 radical (unpaired) electrons. The molecule has 0 spiro atoms. The highest BCUT2D eigenvalue weighted by molar-refractivity contribution is 6.08. The Balaban J connectivity index is 2.85. The van der Waals surface area contributed by atoms with Gasteiger partial charge < -0.3 is 5.11 Å². The summed E-state index contributed by atoms with van der Waals surface area (Å²) in [4.78, 5) is 22.8. The Labute approximate surface area is 101 Å². The van der Waals surface area contributed by atoms with Crippen LogP contribution in [0.1, 0.15) is 42.6 Å². The molecule has 1 aromatic carbocycles. The molecule has 0 aliphatic carbocycles. The summed E-state index contributed by atoms with van der Waals surface area (Å²) in [5, 5.41) is 8.92. The third-order valence-electron chi connectivity index (χ3n) is 2.80. The van der Waals surface area contributed by atoms with Crippen LogP contribution in [-0.2, 0) is 11.2 Å². The van der Waals surface area contributed by atoms with Gasteiger partial charge in [-0.15, -0.1) is 0 Å². The van der Waals surface area contributed by atoms with Crippen molar-refractivity contribution in [3.8, 4) is 0 Å². The van der Waals surface area contributed by atoms with Gasteiger partial charge in [0.1, 0.15) is 5.92 Å². The predicted octanol–water partition coefficient (Wildman–Crippen LogP) is 2.93. The minimum absolute atomic E-state index is 0.303. The van der Waals surface area contributed by atoms with E-state index in [1.165, 1.54) is 5.56 Å². The molecule has 3 heteroatoms. The molecule has 0 saturated heterocycles. The van der Waals surface area contributed by atoms with E-state index in [1.54, 1.807) is 19.1 Å². The Kier molecular flexibility index (Phi) is 4.88. The van der Waals surface area contributed by atoms with Gasteiger partial charge in [-0.25, -0.2) is 0 Å². The van der Waals surface area contributed by atoms with Crippen LogP contribution in [-0.4, -0.2) is 16.9 Å². The second-order valence-corrected chi connectivity index (χ2v) is 4.11. The van der Waals surface area contributed by atoms with Crippen molar-refractivity contribution in [2.45, 2.75) is 33.1 Å². The number of carbonyl (C=O) groups excluding carboxylic acids is 1. The largest absolute Gasteiger partial charge is 0.481 e. The van der Waals surface area contributed by atoms with E-state index in [4.69, 9.17) is 5.11 Å². The molecule has 0 aliphatic rings. The van der Waals surface area contributed by atoms with Gasteiger partial charge in [-0.3, -0.25) is 9.59 Å². The Bertz CT molecular complexity index is 392. The monoisotopic (exact) mass is 234 g/mol. The lowest BCUT2D eigenvalue weighted by Gasteiger charge is -2.09. The third kappa shape index (κ3) is 3.41. The third-order valence-corrected chi connectivity index (χ3v) is 2.80. The minimum atomic E-state index is -1.05. The zero-order valence-corrected chi connectivity index (χ0v) is 10.3. The first-order valence-electron chi connectivity index (χ1n) is 5.96. The Hall–Kier alpha value is -1.64. The zero-order valence-electron chi connectivity index (χ0n) is 10.3. The average Bonchev–Trinajstić information content (AvgIpc) is 2.30. The number of carbonyl (C=O) groups is 2. The summed E-state index contributed by atoms with van der Waals surface area (Å²) < 4.78 is 0. The van der Waals surface area contributed by atoms with Crippen molar-refractivity contribution in [1.29, 1.82) is 0 Å². The molecule has 17 heavy (non-hydrogen) atoms. The summed E-state index contributed by atoms with van der Waals surface area (Å²) in [7, 11) is 0. The molecule has 0 bridgehead atoms. The molecule has 0 aromatic heterocycles. The second-order valence-electron chi connectivity index (χ2n) is 4.11. The van der Waals surface area contributed by atoms with Crippen molar-refractivity contribution in [3.63, 3.8) is 0 Å². The highest BCUT2D eigenvalue weighted by Crippen LogP contribution is 2.14. The van der Waals surface area contributed by atoms with Crippen molar-refractivity contribution in [1.82, 2.24) is 0 Å². The van der Waals surface area contributed by atoms with Crippen LogP contribution < -0.4 is 0 Å². The van der Waals surface area contributed by atoms with Crippen LogP contribution in [0.4, 0.5) is 0 Å². The first-order chi connectivity index (χ1) is 8.10. The molecule has 1 rings (SSSR count). The van der Waals surface area contributed by atoms with Crippen LogP contribution in [0.2, 0.25) is 0 Å². The second kappa shape index (κ2) is 6.18. The molecular weight excluding hydrogens is 216 g/mol. The molecule has 92 valence electrons. The van der Waals surface area contributed by atoms with Crippen LogP contribution in [0.25, 0.3) is 0 Å². The summed E-state index contributed by atoms with van der Waals surface area (Å²) >= 11 is 0. The first-order valence-corrected chi connectivity index (χ1v) is 5.96. The molecule has 0 heterocycles. The molecular formula is C14H18O3. The van der Waals surface area contributed by atoms with E-state index < -0.39 is 11.9 Å². The molecule has 1 atom stereocenters. The van der Waals surface area contributed by atoms with Gasteiger partial charge in [-0.2, -0.15) is 0 Å². The molecule has 0 amide bonds. The van der Waals surface area contributed by atoms with Crippen molar-refractivity contribution in [3.05, 3.63) is 35.4 Å². The summed E-state index contributed by atoms with van der Waals surface area (Å²) in [5.41, 5.74) is 1.66. The van der Waals surface area contributed by atoms with E-state index in [0.717, 1.165) is 12.8 Å². The minimum Gasteiger partial charge on any atom is -0.481 e. The van der Waals surface area contributed by atoms with Crippen LogP contribution in [0, 0.1) is 5.92 Å². The van der Waals surface area contributed by atoms with E-state index in [9.17, 15) is 9.59 Å².